The minimum atomic E-state index is 0.365. The molecule has 1 heteroatoms. The molecule has 8 atom stereocenters. The van der Waals surface area contributed by atoms with E-state index in [0.717, 1.165) is 30.3 Å². The number of allylic oxidation sites excluding steroid dienone is 2. The smallest absolute Gasteiger partial charge is 0.0663 e. The van der Waals surface area contributed by atoms with Crippen molar-refractivity contribution in [3.05, 3.63) is 11.1 Å². The van der Waals surface area contributed by atoms with Crippen LogP contribution in [0.1, 0.15) is 113 Å². The van der Waals surface area contributed by atoms with Crippen LogP contribution in [-0.2, 0) is 4.74 Å². The molecule has 1 heterocycles. The molecule has 1 unspecified atom stereocenters. The second kappa shape index (κ2) is 6.22. The lowest BCUT2D eigenvalue weighted by Crippen LogP contribution is -2.61. The molecule has 0 amide bonds. The van der Waals surface area contributed by atoms with Crippen LogP contribution in [0.2, 0.25) is 0 Å². The molecular formula is C30H48O. The van der Waals surface area contributed by atoms with E-state index in [1.165, 1.54) is 64.2 Å². The summed E-state index contributed by atoms with van der Waals surface area (Å²) in [6.45, 7) is 19.2. The average molecular weight is 425 g/mol. The van der Waals surface area contributed by atoms with Crippen LogP contribution in [-0.4, -0.2) is 12.7 Å². The van der Waals surface area contributed by atoms with E-state index in [0.29, 0.717) is 33.2 Å². The summed E-state index contributed by atoms with van der Waals surface area (Å²) < 4.78 is 6.71. The molecule has 1 nitrogen and oxygen atoms in total. The van der Waals surface area contributed by atoms with Gasteiger partial charge in [-0.05, 0) is 115 Å². The van der Waals surface area contributed by atoms with Crippen LogP contribution in [0.3, 0.4) is 0 Å². The van der Waals surface area contributed by atoms with Gasteiger partial charge in [0.25, 0.3) is 0 Å². The number of hydrogen-bond donors (Lipinski definition) is 0. The maximum atomic E-state index is 6.71. The van der Waals surface area contributed by atoms with E-state index >= 15 is 0 Å². The van der Waals surface area contributed by atoms with Crippen molar-refractivity contribution in [3.8, 4) is 0 Å². The lowest BCUT2D eigenvalue weighted by Gasteiger charge is -2.67. The van der Waals surface area contributed by atoms with Gasteiger partial charge in [0.15, 0.2) is 0 Å². The highest BCUT2D eigenvalue weighted by atomic mass is 16.5. The summed E-state index contributed by atoms with van der Waals surface area (Å²) in [4.78, 5) is 0. The Morgan fingerprint density at radius 3 is 2.26 bits per heavy atom. The molecule has 31 heavy (non-hydrogen) atoms. The Labute approximate surface area is 192 Å². The van der Waals surface area contributed by atoms with Gasteiger partial charge in [-0.1, -0.05) is 59.6 Å². The number of fused-ring (bicyclic) bond motifs is 4. The molecule has 0 spiro atoms. The van der Waals surface area contributed by atoms with Crippen molar-refractivity contribution in [1.82, 2.24) is 0 Å². The summed E-state index contributed by atoms with van der Waals surface area (Å²) in [5.41, 5.74) is 6.19. The van der Waals surface area contributed by atoms with Crippen LogP contribution >= 0.6 is 0 Å². The van der Waals surface area contributed by atoms with Crippen LogP contribution in [0.15, 0.2) is 11.1 Å². The van der Waals surface area contributed by atoms with Crippen molar-refractivity contribution in [2.45, 2.75) is 119 Å². The lowest BCUT2D eigenvalue weighted by molar-refractivity contribution is -0.152. The SMILES string of the molecule is CC(C)C1CCC2=C3CC[C@@H]4[C@H]5[C@H]6OC[C@@]5(CCC6(C)C)CC[C@@]4(C)[C@]3(C)CC[C@@]21C. The van der Waals surface area contributed by atoms with Gasteiger partial charge in [-0.2, -0.15) is 0 Å². The van der Waals surface area contributed by atoms with Gasteiger partial charge in [0.1, 0.15) is 0 Å². The van der Waals surface area contributed by atoms with Crippen molar-refractivity contribution in [1.29, 1.82) is 0 Å². The lowest BCUT2D eigenvalue weighted by atomic mass is 9.36. The highest BCUT2D eigenvalue weighted by Crippen LogP contribution is 2.76. The Morgan fingerprint density at radius 1 is 0.806 bits per heavy atom. The van der Waals surface area contributed by atoms with Crippen LogP contribution in [0.4, 0.5) is 0 Å². The monoisotopic (exact) mass is 424 g/mol. The molecule has 0 aromatic heterocycles. The highest BCUT2D eigenvalue weighted by Gasteiger charge is 2.70. The average Bonchev–Trinajstić information content (AvgIpc) is 3.22. The van der Waals surface area contributed by atoms with Gasteiger partial charge in [-0.15, -0.1) is 0 Å². The Bertz CT molecular complexity index is 820. The fraction of sp³-hybridized carbons (Fsp3) is 0.933. The highest BCUT2D eigenvalue weighted by molar-refractivity contribution is 5.39. The molecule has 6 rings (SSSR count). The standard InChI is InChI=1S/C30H48O/c1-19(2)20-8-9-21-22-10-11-23-24-25-26(3,4)12-16-30(24,18-31-25)17-15-29(23,7)28(22,6)14-13-27(20,21)5/h19-20,23-25H,8-18H2,1-7H3/t20?,23-,24+,25-,27-,28-,29-,30-/m1/s1. The molecule has 0 aromatic carbocycles. The summed E-state index contributed by atoms with van der Waals surface area (Å²) in [5, 5.41) is 0. The van der Waals surface area contributed by atoms with Crippen LogP contribution in [0.5, 0.6) is 0 Å². The number of hydrogen-bond acceptors (Lipinski definition) is 1. The van der Waals surface area contributed by atoms with Crippen molar-refractivity contribution in [3.63, 3.8) is 0 Å². The Balaban J connectivity index is 1.43. The third kappa shape index (κ3) is 2.39. The minimum absolute atomic E-state index is 0.365. The predicted molar refractivity (Wildman–Crippen MR) is 129 cm³/mol. The van der Waals surface area contributed by atoms with Crippen LogP contribution in [0, 0.1) is 50.7 Å². The topological polar surface area (TPSA) is 9.23 Å². The fourth-order valence-corrected chi connectivity index (χ4v) is 11.1. The molecule has 0 radical (unpaired) electrons. The summed E-state index contributed by atoms with van der Waals surface area (Å²) in [6.07, 6.45) is 14.7. The first-order valence-electron chi connectivity index (χ1n) is 13.8. The Hall–Kier alpha value is -0.300. The number of ether oxygens (including phenoxy) is 1. The van der Waals surface area contributed by atoms with Gasteiger partial charge in [0.2, 0.25) is 0 Å². The summed E-state index contributed by atoms with van der Waals surface area (Å²) in [6, 6.07) is 0. The predicted octanol–water partition coefficient (Wildman–Crippen LogP) is 8.19. The van der Waals surface area contributed by atoms with Gasteiger partial charge in [0.05, 0.1) is 12.7 Å². The molecule has 0 aromatic rings. The molecule has 5 fully saturated rings. The molecule has 1 saturated heterocycles. The zero-order valence-electron chi connectivity index (χ0n) is 21.6. The first kappa shape index (κ1) is 21.2. The first-order valence-corrected chi connectivity index (χ1v) is 13.8. The second-order valence-electron chi connectivity index (χ2n) is 14.8. The van der Waals surface area contributed by atoms with Gasteiger partial charge in [-0.25, -0.2) is 0 Å². The van der Waals surface area contributed by atoms with E-state index in [1.807, 2.05) is 11.1 Å². The summed E-state index contributed by atoms with van der Waals surface area (Å²) >= 11 is 0. The molecule has 2 bridgehead atoms. The molecule has 6 aliphatic rings. The van der Waals surface area contributed by atoms with E-state index < -0.39 is 0 Å². The maximum absolute atomic E-state index is 6.71. The van der Waals surface area contributed by atoms with E-state index in [9.17, 15) is 0 Å². The molecule has 5 aliphatic carbocycles. The van der Waals surface area contributed by atoms with Gasteiger partial charge >= 0.3 is 0 Å². The first-order chi connectivity index (χ1) is 14.5. The molecule has 4 saturated carbocycles. The molecular weight excluding hydrogens is 376 g/mol. The normalized spacial score (nSPS) is 55.0. The molecule has 1 aliphatic heterocycles. The summed E-state index contributed by atoms with van der Waals surface area (Å²) in [5.74, 6) is 3.42. The maximum Gasteiger partial charge on any atom is 0.0663 e. The largest absolute Gasteiger partial charge is 0.377 e. The number of rotatable bonds is 1. The van der Waals surface area contributed by atoms with Gasteiger partial charge in [0, 0.05) is 0 Å². The Kier molecular flexibility index (Phi) is 4.27. The van der Waals surface area contributed by atoms with Gasteiger partial charge < -0.3 is 4.74 Å². The third-order valence-electron chi connectivity index (χ3n) is 13.2. The quantitative estimate of drug-likeness (QED) is 0.385. The molecule has 174 valence electrons. The molecule has 0 N–H and O–H groups in total. The fourth-order valence-electron chi connectivity index (χ4n) is 11.1. The zero-order chi connectivity index (χ0) is 22.0. The Morgan fingerprint density at radius 2 is 1.52 bits per heavy atom. The second-order valence-corrected chi connectivity index (χ2v) is 14.8. The van der Waals surface area contributed by atoms with E-state index in [4.69, 9.17) is 4.74 Å². The van der Waals surface area contributed by atoms with Crippen molar-refractivity contribution in [2.24, 2.45) is 50.7 Å². The minimum Gasteiger partial charge on any atom is -0.377 e. The van der Waals surface area contributed by atoms with Crippen molar-refractivity contribution >= 4 is 0 Å². The van der Waals surface area contributed by atoms with Crippen LogP contribution < -0.4 is 0 Å². The van der Waals surface area contributed by atoms with Crippen molar-refractivity contribution < 1.29 is 4.74 Å². The summed E-state index contributed by atoms with van der Waals surface area (Å²) in [7, 11) is 0. The van der Waals surface area contributed by atoms with E-state index in [2.05, 4.69) is 48.5 Å². The van der Waals surface area contributed by atoms with E-state index in [-0.39, 0.29) is 0 Å². The van der Waals surface area contributed by atoms with E-state index in [1.54, 1.807) is 0 Å². The van der Waals surface area contributed by atoms with Crippen LogP contribution in [0.25, 0.3) is 0 Å². The van der Waals surface area contributed by atoms with Crippen molar-refractivity contribution in [2.75, 3.05) is 6.61 Å². The third-order valence-corrected chi connectivity index (χ3v) is 13.2. The zero-order valence-corrected chi connectivity index (χ0v) is 21.6. The van der Waals surface area contributed by atoms with Gasteiger partial charge in [-0.3, -0.25) is 0 Å².